The van der Waals surface area contributed by atoms with Crippen LogP contribution in [0.2, 0.25) is 5.02 Å². The number of hydrogen-bond acceptors (Lipinski definition) is 6. The third-order valence-corrected chi connectivity index (χ3v) is 5.18. The molecule has 0 fully saturated rings. The molecule has 7 heteroatoms. The van der Waals surface area contributed by atoms with Gasteiger partial charge in [0.2, 0.25) is 0 Å². The van der Waals surface area contributed by atoms with Crippen LogP contribution in [0.3, 0.4) is 0 Å². The normalized spacial score (nSPS) is 14.5. The van der Waals surface area contributed by atoms with E-state index in [1.165, 1.54) is 0 Å². The minimum Gasteiger partial charge on any atom is -0.507 e. The molecule has 3 atom stereocenters. The Morgan fingerprint density at radius 1 is 1.32 bits per heavy atom. The molecule has 0 aromatic heterocycles. The molecule has 0 radical (unpaired) electrons. The number of phenolic OH excluding ortho intramolecular Hbond substituents is 2. The number of aliphatic hydroxyl groups is 1. The molecular weight excluding hydrogens is 382 g/mol. The molecule has 1 rings (SSSR count). The number of esters is 1. The third-order valence-electron chi connectivity index (χ3n) is 4.76. The average molecular weight is 414 g/mol. The zero-order valence-corrected chi connectivity index (χ0v) is 17.9. The van der Waals surface area contributed by atoms with Crippen LogP contribution in [0.4, 0.5) is 0 Å². The van der Waals surface area contributed by atoms with Gasteiger partial charge in [-0.2, -0.15) is 0 Å². The van der Waals surface area contributed by atoms with Crippen molar-refractivity contribution in [2.24, 2.45) is 5.92 Å². The lowest BCUT2D eigenvalue weighted by Gasteiger charge is -2.21. The minimum absolute atomic E-state index is 0.0103. The number of carbonyl (C=O) groups is 1. The van der Waals surface area contributed by atoms with E-state index in [1.807, 2.05) is 31.9 Å². The zero-order valence-electron chi connectivity index (χ0n) is 17.1. The number of rotatable bonds is 11. The summed E-state index contributed by atoms with van der Waals surface area (Å²) in [5.41, 5.74) is 0.241. The molecule has 0 aliphatic heterocycles. The number of carbonyl (C=O) groups excluding carboxylic acids is 1. The summed E-state index contributed by atoms with van der Waals surface area (Å²) in [6.07, 6.45) is 2.35. The van der Waals surface area contributed by atoms with Crippen LogP contribution in [0.5, 0.6) is 11.5 Å². The maximum atomic E-state index is 12.7. The monoisotopic (exact) mass is 413 g/mol. The Balaban J connectivity index is 2.90. The Morgan fingerprint density at radius 2 is 1.96 bits per heavy atom. The van der Waals surface area contributed by atoms with Crippen molar-refractivity contribution >= 4 is 17.6 Å². The second-order valence-electron chi connectivity index (χ2n) is 7.31. The van der Waals surface area contributed by atoms with E-state index in [1.54, 1.807) is 6.92 Å². The Bertz CT molecular complexity index is 679. The van der Waals surface area contributed by atoms with E-state index in [9.17, 15) is 20.1 Å². The van der Waals surface area contributed by atoms with Gasteiger partial charge in [0.15, 0.2) is 0 Å². The molecular formula is C21H32ClNO5. The standard InChI is InChI=1S/C21H32ClNO5/c1-6-13(3)8-9-15(24)10-14(4)28-21(27)19-16(12-23(5)7-2)20(22)18(26)11-17(19)25/h6,11,13-15,24-26H,1,7-10,12H2,2-5H3/t13?,14-,15?/m1/s1. The molecule has 158 valence electrons. The molecule has 6 nitrogen and oxygen atoms in total. The largest absolute Gasteiger partial charge is 0.507 e. The maximum Gasteiger partial charge on any atom is 0.342 e. The summed E-state index contributed by atoms with van der Waals surface area (Å²) < 4.78 is 5.43. The van der Waals surface area contributed by atoms with E-state index in [-0.39, 0.29) is 35.1 Å². The highest BCUT2D eigenvalue weighted by Crippen LogP contribution is 2.37. The number of halogens is 1. The van der Waals surface area contributed by atoms with Gasteiger partial charge in [0.05, 0.1) is 11.1 Å². The van der Waals surface area contributed by atoms with Crippen LogP contribution < -0.4 is 0 Å². The maximum absolute atomic E-state index is 12.7. The van der Waals surface area contributed by atoms with Gasteiger partial charge in [-0.25, -0.2) is 4.79 Å². The molecule has 0 heterocycles. The van der Waals surface area contributed by atoms with Crippen LogP contribution in [0.25, 0.3) is 0 Å². The van der Waals surface area contributed by atoms with Gasteiger partial charge < -0.3 is 25.0 Å². The van der Waals surface area contributed by atoms with Gasteiger partial charge in [-0.1, -0.05) is 31.5 Å². The first kappa shape index (κ1) is 24.3. The van der Waals surface area contributed by atoms with Gasteiger partial charge >= 0.3 is 5.97 Å². The highest BCUT2D eigenvalue weighted by molar-refractivity contribution is 6.33. The minimum atomic E-state index is -0.738. The molecule has 3 N–H and O–H groups in total. The fourth-order valence-electron chi connectivity index (χ4n) is 2.81. The van der Waals surface area contributed by atoms with Crippen molar-refractivity contribution in [2.45, 2.75) is 58.8 Å². The van der Waals surface area contributed by atoms with Crippen molar-refractivity contribution in [3.63, 3.8) is 0 Å². The molecule has 2 unspecified atom stereocenters. The first-order valence-electron chi connectivity index (χ1n) is 9.54. The first-order valence-corrected chi connectivity index (χ1v) is 9.91. The molecule has 1 aromatic carbocycles. The molecule has 1 aromatic rings. The lowest BCUT2D eigenvalue weighted by Crippen LogP contribution is -2.24. The van der Waals surface area contributed by atoms with E-state index in [0.717, 1.165) is 12.5 Å². The van der Waals surface area contributed by atoms with Gasteiger partial charge in [-0.15, -0.1) is 6.58 Å². The Morgan fingerprint density at radius 3 is 2.54 bits per heavy atom. The fraction of sp³-hybridized carbons (Fsp3) is 0.571. The predicted molar refractivity (Wildman–Crippen MR) is 111 cm³/mol. The quantitative estimate of drug-likeness (QED) is 0.373. The van der Waals surface area contributed by atoms with Crippen LogP contribution in [0.15, 0.2) is 18.7 Å². The Hall–Kier alpha value is -1.76. The van der Waals surface area contributed by atoms with Crippen LogP contribution >= 0.6 is 11.6 Å². The number of nitrogens with zero attached hydrogens (tertiary/aromatic N) is 1. The number of aliphatic hydroxyl groups excluding tert-OH is 1. The molecule has 0 aliphatic carbocycles. The van der Waals surface area contributed by atoms with E-state index in [2.05, 4.69) is 6.58 Å². The SMILES string of the molecule is C=CC(C)CCC(O)C[C@@H](C)OC(=O)c1c(O)cc(O)c(Cl)c1CN(C)CC. The third kappa shape index (κ3) is 7.00. The smallest absolute Gasteiger partial charge is 0.342 e. The molecule has 0 spiro atoms. The average Bonchev–Trinajstić information content (AvgIpc) is 2.63. The number of ether oxygens (including phenoxy) is 1. The van der Waals surface area contributed by atoms with Gasteiger partial charge in [-0.05, 0) is 39.3 Å². The summed E-state index contributed by atoms with van der Waals surface area (Å²) in [6.45, 7) is 10.3. The number of benzene rings is 1. The molecule has 0 bridgehead atoms. The lowest BCUT2D eigenvalue weighted by atomic mass is 10.0. The first-order chi connectivity index (χ1) is 13.1. The van der Waals surface area contributed by atoms with Crippen molar-refractivity contribution in [3.8, 4) is 11.5 Å². The van der Waals surface area contributed by atoms with Crippen molar-refractivity contribution in [1.82, 2.24) is 4.90 Å². The topological polar surface area (TPSA) is 90.2 Å². The molecule has 0 aliphatic rings. The van der Waals surface area contributed by atoms with Gasteiger partial charge in [0, 0.05) is 24.6 Å². The van der Waals surface area contributed by atoms with E-state index in [0.29, 0.717) is 24.4 Å². The summed E-state index contributed by atoms with van der Waals surface area (Å²) in [5, 5.41) is 30.3. The molecule has 0 amide bonds. The van der Waals surface area contributed by atoms with Crippen LogP contribution in [-0.4, -0.2) is 52.0 Å². The molecule has 0 saturated heterocycles. The van der Waals surface area contributed by atoms with Crippen molar-refractivity contribution in [2.75, 3.05) is 13.6 Å². The van der Waals surface area contributed by atoms with Crippen LogP contribution in [-0.2, 0) is 11.3 Å². The van der Waals surface area contributed by atoms with Gasteiger partial charge in [0.1, 0.15) is 23.2 Å². The summed E-state index contributed by atoms with van der Waals surface area (Å²) in [7, 11) is 1.83. The lowest BCUT2D eigenvalue weighted by molar-refractivity contribution is 0.0181. The van der Waals surface area contributed by atoms with Crippen LogP contribution in [0.1, 0.15) is 56.0 Å². The van der Waals surface area contributed by atoms with Crippen LogP contribution in [0, 0.1) is 5.92 Å². The zero-order chi connectivity index (χ0) is 21.4. The number of allylic oxidation sites excluding steroid dienone is 1. The van der Waals surface area contributed by atoms with E-state index < -0.39 is 18.2 Å². The highest BCUT2D eigenvalue weighted by atomic mass is 35.5. The highest BCUT2D eigenvalue weighted by Gasteiger charge is 2.26. The Kier molecular flexibility index (Phi) is 9.79. The summed E-state index contributed by atoms with van der Waals surface area (Å²) in [4.78, 5) is 14.6. The Labute approximate surface area is 172 Å². The number of aromatic hydroxyl groups is 2. The molecule has 28 heavy (non-hydrogen) atoms. The van der Waals surface area contributed by atoms with Gasteiger partial charge in [0.25, 0.3) is 0 Å². The van der Waals surface area contributed by atoms with Crippen molar-refractivity contribution < 1.29 is 24.9 Å². The predicted octanol–water partition coefficient (Wildman–Crippen LogP) is 4.10. The second kappa shape index (κ2) is 11.3. The van der Waals surface area contributed by atoms with Crippen molar-refractivity contribution in [3.05, 3.63) is 34.9 Å². The van der Waals surface area contributed by atoms with E-state index >= 15 is 0 Å². The van der Waals surface area contributed by atoms with Gasteiger partial charge in [-0.3, -0.25) is 0 Å². The number of hydrogen-bond donors (Lipinski definition) is 3. The summed E-state index contributed by atoms with van der Waals surface area (Å²) >= 11 is 6.18. The number of phenols is 2. The summed E-state index contributed by atoms with van der Waals surface area (Å²) in [6, 6.07) is 1.03. The molecule has 0 saturated carbocycles. The summed E-state index contributed by atoms with van der Waals surface area (Å²) in [5.74, 6) is -1.12. The van der Waals surface area contributed by atoms with E-state index in [4.69, 9.17) is 16.3 Å². The fourth-order valence-corrected chi connectivity index (χ4v) is 3.01. The van der Waals surface area contributed by atoms with Crippen molar-refractivity contribution in [1.29, 1.82) is 0 Å². The second-order valence-corrected chi connectivity index (χ2v) is 7.69.